The van der Waals surface area contributed by atoms with E-state index in [1.165, 1.54) is 0 Å². The van der Waals surface area contributed by atoms with E-state index < -0.39 is 10.2 Å². The first-order valence-corrected chi connectivity index (χ1v) is 8.99. The van der Waals surface area contributed by atoms with Crippen LogP contribution in [0.15, 0.2) is 0 Å². The molecule has 0 radical (unpaired) electrons. The molecule has 7 heteroatoms. The predicted octanol–water partition coefficient (Wildman–Crippen LogP) is 0.545. The van der Waals surface area contributed by atoms with Crippen LogP contribution in [0, 0.1) is 0 Å². The average molecular weight is 305 g/mol. The number of hydrogen-bond acceptors (Lipinski definition) is 4. The summed E-state index contributed by atoms with van der Waals surface area (Å²) in [6, 6.07) is -0.137. The van der Waals surface area contributed by atoms with E-state index in [4.69, 9.17) is 10.5 Å². The van der Waals surface area contributed by atoms with Gasteiger partial charge >= 0.3 is 0 Å². The van der Waals surface area contributed by atoms with Gasteiger partial charge in [-0.05, 0) is 25.7 Å². The molecular weight excluding hydrogens is 278 g/mol. The Hall–Kier alpha value is -0.210. The first-order chi connectivity index (χ1) is 9.59. The minimum Gasteiger partial charge on any atom is -0.381 e. The first kappa shape index (κ1) is 16.2. The molecule has 0 amide bonds. The summed E-state index contributed by atoms with van der Waals surface area (Å²) in [6.45, 7) is 2.15. The Labute approximate surface area is 122 Å². The number of rotatable bonds is 4. The topological polar surface area (TPSA) is 75.9 Å². The highest BCUT2D eigenvalue weighted by atomic mass is 32.2. The van der Waals surface area contributed by atoms with Crippen LogP contribution < -0.4 is 5.73 Å². The maximum atomic E-state index is 12.8. The van der Waals surface area contributed by atoms with Crippen LogP contribution in [0.5, 0.6) is 0 Å². The first-order valence-electron chi connectivity index (χ1n) is 7.59. The van der Waals surface area contributed by atoms with Crippen molar-refractivity contribution in [3.8, 4) is 0 Å². The predicted molar refractivity (Wildman–Crippen MR) is 78.5 cm³/mol. The fraction of sp³-hybridized carbons (Fsp3) is 1.00. The van der Waals surface area contributed by atoms with Gasteiger partial charge in [-0.2, -0.15) is 17.0 Å². The molecule has 0 aromatic rings. The summed E-state index contributed by atoms with van der Waals surface area (Å²) < 4.78 is 34.2. The van der Waals surface area contributed by atoms with Crippen molar-refractivity contribution < 1.29 is 13.2 Å². The molecule has 0 bridgehead atoms. The van der Waals surface area contributed by atoms with Crippen LogP contribution in [0.25, 0.3) is 0 Å². The highest BCUT2D eigenvalue weighted by molar-refractivity contribution is 7.86. The number of ether oxygens (including phenoxy) is 1. The number of nitrogens with zero attached hydrogens (tertiary/aromatic N) is 2. The quantitative estimate of drug-likeness (QED) is 0.823. The molecule has 2 N–H and O–H groups in total. The minimum atomic E-state index is -3.37. The maximum absolute atomic E-state index is 12.8. The molecule has 6 nitrogen and oxygen atoms in total. The molecule has 2 aliphatic heterocycles. The Morgan fingerprint density at radius 1 is 1.15 bits per heavy atom. The van der Waals surface area contributed by atoms with Gasteiger partial charge in [-0.15, -0.1) is 0 Å². The molecule has 2 atom stereocenters. The van der Waals surface area contributed by atoms with Crippen LogP contribution in [-0.2, 0) is 14.9 Å². The number of methoxy groups -OCH3 is 1. The van der Waals surface area contributed by atoms with Gasteiger partial charge in [-0.1, -0.05) is 12.8 Å². The summed E-state index contributed by atoms with van der Waals surface area (Å²) in [5.41, 5.74) is 5.79. The minimum absolute atomic E-state index is 0.124. The van der Waals surface area contributed by atoms with Gasteiger partial charge in [0.15, 0.2) is 0 Å². The monoisotopic (exact) mass is 305 g/mol. The van der Waals surface area contributed by atoms with Crippen molar-refractivity contribution in [3.05, 3.63) is 0 Å². The normalized spacial score (nSPS) is 31.1. The average Bonchev–Trinajstić information content (AvgIpc) is 2.76. The van der Waals surface area contributed by atoms with Gasteiger partial charge in [0.05, 0.1) is 6.10 Å². The van der Waals surface area contributed by atoms with Crippen molar-refractivity contribution in [3.63, 3.8) is 0 Å². The SMILES string of the molecule is COC1CCN(S(=O)(=O)N2CCCCCC2)C(CN)C1. The van der Waals surface area contributed by atoms with Crippen molar-refractivity contribution in [1.29, 1.82) is 0 Å². The zero-order chi connectivity index (χ0) is 14.6. The Balaban J connectivity index is 2.10. The van der Waals surface area contributed by atoms with E-state index in [0.717, 1.165) is 32.1 Å². The maximum Gasteiger partial charge on any atom is 0.282 e. The van der Waals surface area contributed by atoms with Gasteiger partial charge in [0.1, 0.15) is 0 Å². The molecule has 2 unspecified atom stereocenters. The van der Waals surface area contributed by atoms with Crippen LogP contribution in [0.1, 0.15) is 38.5 Å². The largest absolute Gasteiger partial charge is 0.381 e. The Kier molecular flexibility index (Phi) is 5.80. The lowest BCUT2D eigenvalue weighted by molar-refractivity contribution is 0.0384. The van der Waals surface area contributed by atoms with Crippen LogP contribution >= 0.6 is 0 Å². The highest BCUT2D eigenvalue weighted by Crippen LogP contribution is 2.25. The van der Waals surface area contributed by atoms with Crippen LogP contribution in [0.3, 0.4) is 0 Å². The highest BCUT2D eigenvalue weighted by Gasteiger charge is 2.38. The van der Waals surface area contributed by atoms with Gasteiger partial charge in [0, 0.05) is 39.3 Å². The molecule has 0 aliphatic carbocycles. The molecule has 0 aromatic carbocycles. The summed E-state index contributed by atoms with van der Waals surface area (Å²) in [5, 5.41) is 0. The molecule has 0 aromatic heterocycles. The fourth-order valence-corrected chi connectivity index (χ4v) is 5.05. The Bertz CT molecular complexity index is 394. The summed E-state index contributed by atoms with van der Waals surface area (Å²) in [6.07, 6.45) is 5.73. The molecule has 2 saturated heterocycles. The summed E-state index contributed by atoms with van der Waals surface area (Å²) in [4.78, 5) is 0. The number of piperidine rings is 1. The van der Waals surface area contributed by atoms with E-state index >= 15 is 0 Å². The van der Waals surface area contributed by atoms with E-state index in [1.807, 2.05) is 0 Å². The van der Waals surface area contributed by atoms with Crippen LogP contribution in [0.2, 0.25) is 0 Å². The summed E-state index contributed by atoms with van der Waals surface area (Å²) >= 11 is 0. The fourth-order valence-electron chi connectivity index (χ4n) is 3.15. The van der Waals surface area contributed by atoms with Crippen molar-refractivity contribution in [2.75, 3.05) is 33.3 Å². The smallest absolute Gasteiger partial charge is 0.282 e. The summed E-state index contributed by atoms with van der Waals surface area (Å²) in [5.74, 6) is 0. The lowest BCUT2D eigenvalue weighted by Gasteiger charge is -2.39. The zero-order valence-electron chi connectivity index (χ0n) is 12.3. The third-order valence-corrected chi connectivity index (χ3v) is 6.50. The van der Waals surface area contributed by atoms with E-state index in [1.54, 1.807) is 15.7 Å². The molecule has 0 saturated carbocycles. The van der Waals surface area contributed by atoms with E-state index in [0.29, 0.717) is 32.6 Å². The summed E-state index contributed by atoms with van der Waals surface area (Å²) in [7, 11) is -1.69. The van der Waals surface area contributed by atoms with Crippen molar-refractivity contribution in [2.24, 2.45) is 5.73 Å². The van der Waals surface area contributed by atoms with Gasteiger partial charge < -0.3 is 10.5 Å². The molecule has 2 fully saturated rings. The molecule has 2 rings (SSSR count). The lowest BCUT2D eigenvalue weighted by atomic mass is 10.0. The van der Waals surface area contributed by atoms with Gasteiger partial charge in [0.2, 0.25) is 0 Å². The molecule has 2 heterocycles. The van der Waals surface area contributed by atoms with Crippen LogP contribution in [0.4, 0.5) is 0 Å². The van der Waals surface area contributed by atoms with Crippen molar-refractivity contribution in [1.82, 2.24) is 8.61 Å². The van der Waals surface area contributed by atoms with Crippen molar-refractivity contribution >= 4 is 10.2 Å². The second-order valence-electron chi connectivity index (χ2n) is 5.70. The Morgan fingerprint density at radius 3 is 2.35 bits per heavy atom. The Morgan fingerprint density at radius 2 is 1.80 bits per heavy atom. The number of hydrogen-bond donors (Lipinski definition) is 1. The van der Waals surface area contributed by atoms with Crippen LogP contribution in [-0.4, -0.2) is 62.5 Å². The standard InChI is InChI=1S/C13H27N3O3S/c1-19-13-6-9-16(12(10-13)11-14)20(17,18)15-7-4-2-3-5-8-15/h12-13H,2-11,14H2,1H3. The van der Waals surface area contributed by atoms with Gasteiger partial charge in [-0.25, -0.2) is 0 Å². The second kappa shape index (κ2) is 7.17. The van der Waals surface area contributed by atoms with E-state index in [9.17, 15) is 8.42 Å². The second-order valence-corrected chi connectivity index (χ2v) is 7.58. The van der Waals surface area contributed by atoms with Gasteiger partial charge in [-0.3, -0.25) is 0 Å². The molecular formula is C13H27N3O3S. The molecule has 118 valence electrons. The van der Waals surface area contributed by atoms with Crippen molar-refractivity contribution in [2.45, 2.75) is 50.7 Å². The van der Waals surface area contributed by atoms with Gasteiger partial charge in [0.25, 0.3) is 10.2 Å². The van der Waals surface area contributed by atoms with E-state index in [-0.39, 0.29) is 12.1 Å². The molecule has 2 aliphatic rings. The third kappa shape index (κ3) is 3.51. The number of nitrogens with two attached hydrogens (primary N) is 1. The van der Waals surface area contributed by atoms with E-state index in [2.05, 4.69) is 0 Å². The third-order valence-electron chi connectivity index (χ3n) is 4.41. The lowest BCUT2D eigenvalue weighted by Crippen LogP contribution is -2.55. The zero-order valence-corrected chi connectivity index (χ0v) is 13.1. The molecule has 0 spiro atoms. The molecule has 20 heavy (non-hydrogen) atoms.